The second-order valence-electron chi connectivity index (χ2n) is 5.06. The SMILES string of the molecule is COc1ccc(CNC(=O)C(=O)NCCCOC(C)C)cc1. The first kappa shape index (κ1) is 18.0. The van der Waals surface area contributed by atoms with E-state index in [2.05, 4.69) is 10.6 Å². The Morgan fingerprint density at radius 1 is 1.09 bits per heavy atom. The molecule has 0 radical (unpaired) electrons. The Morgan fingerprint density at radius 3 is 2.32 bits per heavy atom. The standard InChI is InChI=1S/C16H24N2O4/c1-12(2)22-10-4-9-17-15(19)16(20)18-11-13-5-7-14(21-3)8-6-13/h5-8,12H,4,9-11H2,1-3H3,(H,17,19)(H,18,20). The summed E-state index contributed by atoms with van der Waals surface area (Å²) in [6.07, 6.45) is 0.846. The molecule has 0 saturated carbocycles. The minimum Gasteiger partial charge on any atom is -0.497 e. The van der Waals surface area contributed by atoms with Crippen LogP contribution in [0.2, 0.25) is 0 Å². The molecule has 1 aromatic rings. The number of carbonyl (C=O) groups excluding carboxylic acids is 2. The number of amides is 2. The molecule has 0 heterocycles. The lowest BCUT2D eigenvalue weighted by Crippen LogP contribution is -2.40. The Bertz CT molecular complexity index is 472. The van der Waals surface area contributed by atoms with E-state index in [1.807, 2.05) is 26.0 Å². The maximum absolute atomic E-state index is 11.6. The lowest BCUT2D eigenvalue weighted by molar-refractivity contribution is -0.139. The molecule has 0 aromatic heterocycles. The number of carbonyl (C=O) groups is 2. The fourth-order valence-corrected chi connectivity index (χ4v) is 1.68. The minimum absolute atomic E-state index is 0.170. The molecule has 6 nitrogen and oxygen atoms in total. The van der Waals surface area contributed by atoms with Crippen LogP contribution in [0.1, 0.15) is 25.8 Å². The van der Waals surface area contributed by atoms with Gasteiger partial charge in [-0.2, -0.15) is 0 Å². The smallest absolute Gasteiger partial charge is 0.309 e. The number of rotatable bonds is 8. The summed E-state index contributed by atoms with van der Waals surface area (Å²) in [6.45, 7) is 5.18. The summed E-state index contributed by atoms with van der Waals surface area (Å²) in [6, 6.07) is 7.27. The van der Waals surface area contributed by atoms with Crippen LogP contribution in [0.3, 0.4) is 0 Å². The lowest BCUT2D eigenvalue weighted by Gasteiger charge is -2.09. The lowest BCUT2D eigenvalue weighted by atomic mass is 10.2. The summed E-state index contributed by atoms with van der Waals surface area (Å²) >= 11 is 0. The van der Waals surface area contributed by atoms with Gasteiger partial charge in [0.05, 0.1) is 13.2 Å². The molecule has 2 amide bonds. The highest BCUT2D eigenvalue weighted by Gasteiger charge is 2.12. The van der Waals surface area contributed by atoms with Crippen LogP contribution in [0.25, 0.3) is 0 Å². The highest BCUT2D eigenvalue weighted by Crippen LogP contribution is 2.10. The Kier molecular flexibility index (Phi) is 7.99. The van der Waals surface area contributed by atoms with Crippen molar-refractivity contribution in [1.29, 1.82) is 0 Å². The Morgan fingerprint density at radius 2 is 1.73 bits per heavy atom. The molecule has 6 heteroatoms. The molecule has 1 aromatic carbocycles. The number of ether oxygens (including phenoxy) is 2. The third-order valence-electron chi connectivity index (χ3n) is 2.88. The van der Waals surface area contributed by atoms with Gasteiger partial charge in [-0.15, -0.1) is 0 Å². The third-order valence-corrected chi connectivity index (χ3v) is 2.88. The van der Waals surface area contributed by atoms with Crippen molar-refractivity contribution in [1.82, 2.24) is 10.6 Å². The number of hydrogen-bond donors (Lipinski definition) is 2. The van der Waals surface area contributed by atoms with Gasteiger partial charge < -0.3 is 20.1 Å². The van der Waals surface area contributed by atoms with Crippen LogP contribution >= 0.6 is 0 Å². The Balaban J connectivity index is 2.21. The molecule has 2 N–H and O–H groups in total. The fourth-order valence-electron chi connectivity index (χ4n) is 1.68. The molecule has 0 aliphatic heterocycles. The summed E-state index contributed by atoms with van der Waals surface area (Å²) in [5, 5.41) is 5.13. The molecule has 22 heavy (non-hydrogen) atoms. The summed E-state index contributed by atoms with van der Waals surface area (Å²) in [4.78, 5) is 23.2. The molecular formula is C16H24N2O4. The van der Waals surface area contributed by atoms with E-state index in [1.165, 1.54) is 0 Å². The average Bonchev–Trinajstić information content (AvgIpc) is 2.52. The normalized spacial score (nSPS) is 10.4. The average molecular weight is 308 g/mol. The van der Waals surface area contributed by atoms with E-state index in [0.29, 0.717) is 26.1 Å². The Labute approximate surface area is 131 Å². The van der Waals surface area contributed by atoms with Gasteiger partial charge in [-0.25, -0.2) is 0 Å². The molecule has 0 saturated heterocycles. The number of hydrogen-bond acceptors (Lipinski definition) is 4. The number of methoxy groups -OCH3 is 1. The van der Waals surface area contributed by atoms with E-state index < -0.39 is 11.8 Å². The Hall–Kier alpha value is -2.08. The van der Waals surface area contributed by atoms with Crippen LogP contribution in [0.15, 0.2) is 24.3 Å². The molecule has 0 aliphatic carbocycles. The zero-order valence-electron chi connectivity index (χ0n) is 13.3. The van der Waals surface area contributed by atoms with Gasteiger partial charge >= 0.3 is 11.8 Å². The van der Waals surface area contributed by atoms with Crippen molar-refractivity contribution in [2.75, 3.05) is 20.3 Å². The van der Waals surface area contributed by atoms with Gasteiger partial charge in [0.2, 0.25) is 0 Å². The van der Waals surface area contributed by atoms with Gasteiger partial charge in [0.1, 0.15) is 5.75 Å². The fraction of sp³-hybridized carbons (Fsp3) is 0.500. The van der Waals surface area contributed by atoms with Gasteiger partial charge in [0.25, 0.3) is 0 Å². The van der Waals surface area contributed by atoms with Crippen molar-refractivity contribution >= 4 is 11.8 Å². The monoisotopic (exact) mass is 308 g/mol. The number of nitrogens with one attached hydrogen (secondary N) is 2. The summed E-state index contributed by atoms with van der Waals surface area (Å²) in [7, 11) is 1.59. The van der Waals surface area contributed by atoms with E-state index in [9.17, 15) is 9.59 Å². The van der Waals surface area contributed by atoms with E-state index in [1.54, 1.807) is 19.2 Å². The number of benzene rings is 1. The zero-order chi connectivity index (χ0) is 16.4. The molecule has 122 valence electrons. The van der Waals surface area contributed by atoms with Crippen molar-refractivity contribution in [3.63, 3.8) is 0 Å². The molecular weight excluding hydrogens is 284 g/mol. The summed E-state index contributed by atoms with van der Waals surface area (Å²) < 4.78 is 10.4. The van der Waals surface area contributed by atoms with Gasteiger partial charge in [0, 0.05) is 19.7 Å². The molecule has 0 atom stereocenters. The van der Waals surface area contributed by atoms with E-state index in [0.717, 1.165) is 11.3 Å². The van der Waals surface area contributed by atoms with Crippen LogP contribution in [0, 0.1) is 0 Å². The van der Waals surface area contributed by atoms with Gasteiger partial charge in [-0.3, -0.25) is 9.59 Å². The molecule has 0 bridgehead atoms. The maximum Gasteiger partial charge on any atom is 0.309 e. The summed E-state index contributed by atoms with van der Waals surface area (Å²) in [5.41, 5.74) is 0.896. The minimum atomic E-state index is -0.638. The quantitative estimate of drug-likeness (QED) is 0.559. The van der Waals surface area contributed by atoms with E-state index in [4.69, 9.17) is 9.47 Å². The second kappa shape index (κ2) is 9.78. The van der Waals surface area contributed by atoms with Crippen LogP contribution in [-0.2, 0) is 20.9 Å². The predicted octanol–water partition coefficient (Wildman–Crippen LogP) is 1.24. The highest BCUT2D eigenvalue weighted by molar-refractivity contribution is 6.35. The first-order chi connectivity index (χ1) is 10.5. The van der Waals surface area contributed by atoms with Gasteiger partial charge in [0.15, 0.2) is 0 Å². The van der Waals surface area contributed by atoms with Crippen molar-refractivity contribution in [2.45, 2.75) is 32.9 Å². The topological polar surface area (TPSA) is 76.7 Å². The van der Waals surface area contributed by atoms with Crippen molar-refractivity contribution in [2.24, 2.45) is 0 Å². The molecule has 0 spiro atoms. The van der Waals surface area contributed by atoms with E-state index in [-0.39, 0.29) is 6.10 Å². The van der Waals surface area contributed by atoms with Crippen LogP contribution in [-0.4, -0.2) is 38.2 Å². The first-order valence-electron chi connectivity index (χ1n) is 7.33. The van der Waals surface area contributed by atoms with E-state index >= 15 is 0 Å². The van der Waals surface area contributed by atoms with Crippen molar-refractivity contribution in [3.8, 4) is 5.75 Å². The highest BCUT2D eigenvalue weighted by atomic mass is 16.5. The maximum atomic E-state index is 11.6. The first-order valence-corrected chi connectivity index (χ1v) is 7.33. The van der Waals surface area contributed by atoms with Crippen LogP contribution in [0.5, 0.6) is 5.75 Å². The van der Waals surface area contributed by atoms with Crippen LogP contribution in [0.4, 0.5) is 0 Å². The predicted molar refractivity (Wildman–Crippen MR) is 83.6 cm³/mol. The third kappa shape index (κ3) is 7.08. The van der Waals surface area contributed by atoms with Crippen molar-refractivity contribution in [3.05, 3.63) is 29.8 Å². The second-order valence-corrected chi connectivity index (χ2v) is 5.06. The molecule has 0 fully saturated rings. The zero-order valence-corrected chi connectivity index (χ0v) is 13.3. The largest absolute Gasteiger partial charge is 0.497 e. The molecule has 1 rings (SSSR count). The van der Waals surface area contributed by atoms with Gasteiger partial charge in [-0.05, 0) is 38.0 Å². The van der Waals surface area contributed by atoms with Crippen LogP contribution < -0.4 is 15.4 Å². The summed E-state index contributed by atoms with van der Waals surface area (Å²) in [5.74, 6) is -0.518. The molecule has 0 unspecified atom stereocenters. The van der Waals surface area contributed by atoms with Gasteiger partial charge in [-0.1, -0.05) is 12.1 Å². The molecule has 0 aliphatic rings. The van der Waals surface area contributed by atoms with Crippen molar-refractivity contribution < 1.29 is 19.1 Å².